The van der Waals surface area contributed by atoms with E-state index in [-0.39, 0.29) is 5.56 Å². The number of para-hydroxylation sites is 2. The van der Waals surface area contributed by atoms with Gasteiger partial charge in [0.2, 0.25) is 5.78 Å². The van der Waals surface area contributed by atoms with Gasteiger partial charge in [-0.2, -0.15) is 4.98 Å². The molecule has 28 heavy (non-hydrogen) atoms. The van der Waals surface area contributed by atoms with Gasteiger partial charge in [0.1, 0.15) is 5.75 Å². The minimum absolute atomic E-state index is 0.360. The van der Waals surface area contributed by atoms with E-state index in [0.717, 1.165) is 33.8 Å². The van der Waals surface area contributed by atoms with Crippen LogP contribution in [-0.2, 0) is 14.1 Å². The summed E-state index contributed by atoms with van der Waals surface area (Å²) in [5, 5.41) is 0. The second-order valence-corrected chi connectivity index (χ2v) is 6.95. The van der Waals surface area contributed by atoms with Crippen molar-refractivity contribution in [1.29, 1.82) is 0 Å². The largest absolute Gasteiger partial charge is 0.491 e. The summed E-state index contributed by atoms with van der Waals surface area (Å²) in [6, 6.07) is 7.76. The lowest BCUT2D eigenvalue weighted by Crippen LogP contribution is -2.37. The highest BCUT2D eigenvalue weighted by molar-refractivity contribution is 5.77. The van der Waals surface area contributed by atoms with E-state index >= 15 is 0 Å². The van der Waals surface area contributed by atoms with E-state index in [1.165, 1.54) is 11.6 Å². The number of nitrogens with zero attached hydrogens (tertiary/aromatic N) is 5. The molecule has 0 bridgehead atoms. The summed E-state index contributed by atoms with van der Waals surface area (Å²) in [4.78, 5) is 29.9. The molecule has 0 radical (unpaired) electrons. The molecule has 0 aliphatic heterocycles. The monoisotopic (exact) mass is 381 g/mol. The second-order valence-electron chi connectivity index (χ2n) is 6.95. The molecule has 146 valence electrons. The normalized spacial score (nSPS) is 11.6. The second kappa shape index (κ2) is 6.40. The third kappa shape index (κ3) is 2.33. The zero-order valence-corrected chi connectivity index (χ0v) is 16.7. The molecule has 0 N–H and O–H groups in total. The van der Waals surface area contributed by atoms with Gasteiger partial charge in [-0.1, -0.05) is 19.1 Å². The molecule has 4 aromatic rings. The molecule has 4 rings (SSSR count). The van der Waals surface area contributed by atoms with Crippen molar-refractivity contribution in [1.82, 2.24) is 23.1 Å². The summed E-state index contributed by atoms with van der Waals surface area (Å²) in [6.07, 6.45) is 0.902. The predicted octanol–water partition coefficient (Wildman–Crippen LogP) is 2.08. The van der Waals surface area contributed by atoms with E-state index in [0.29, 0.717) is 23.5 Å². The molecule has 0 spiro atoms. The lowest BCUT2D eigenvalue weighted by Gasteiger charge is -2.13. The van der Waals surface area contributed by atoms with Crippen molar-refractivity contribution >= 4 is 16.9 Å². The highest BCUT2D eigenvalue weighted by Crippen LogP contribution is 2.30. The average Bonchev–Trinajstić information content (AvgIpc) is 3.19. The number of hydrogen-bond donors (Lipinski definition) is 0. The summed E-state index contributed by atoms with van der Waals surface area (Å²) >= 11 is 0. The quantitative estimate of drug-likeness (QED) is 0.542. The highest BCUT2D eigenvalue weighted by Gasteiger charge is 2.23. The molecule has 8 heteroatoms. The Morgan fingerprint density at radius 1 is 1.04 bits per heavy atom. The Kier molecular flexibility index (Phi) is 4.14. The Bertz CT molecular complexity index is 1340. The molecule has 0 fully saturated rings. The standard InChI is InChI=1S/C20H23N5O3/c1-6-11-28-15-10-8-7-9-14(15)24-12(2)13(3)25-16-17(21-19(24)25)22(4)20(27)23(5)18(16)26/h7-10H,6,11H2,1-5H3. The zero-order chi connectivity index (χ0) is 20.2. The van der Waals surface area contributed by atoms with Crippen LogP contribution >= 0.6 is 0 Å². The number of ether oxygens (including phenoxy) is 1. The molecule has 0 aliphatic carbocycles. The van der Waals surface area contributed by atoms with Crippen LogP contribution in [0.5, 0.6) is 5.75 Å². The maximum Gasteiger partial charge on any atom is 0.332 e. The summed E-state index contributed by atoms with van der Waals surface area (Å²) in [6.45, 7) is 6.60. The summed E-state index contributed by atoms with van der Waals surface area (Å²) in [5.74, 6) is 1.33. The van der Waals surface area contributed by atoms with Gasteiger partial charge < -0.3 is 4.74 Å². The van der Waals surface area contributed by atoms with E-state index < -0.39 is 5.69 Å². The van der Waals surface area contributed by atoms with E-state index in [1.807, 2.05) is 47.1 Å². The fourth-order valence-electron chi connectivity index (χ4n) is 3.59. The molecule has 3 aromatic heterocycles. The van der Waals surface area contributed by atoms with Crippen LogP contribution in [0.1, 0.15) is 24.7 Å². The van der Waals surface area contributed by atoms with Gasteiger partial charge in [0.15, 0.2) is 11.2 Å². The number of imidazole rings is 2. The molecule has 0 aliphatic rings. The van der Waals surface area contributed by atoms with E-state index in [9.17, 15) is 9.59 Å². The Balaban J connectivity index is 2.15. The van der Waals surface area contributed by atoms with Crippen LogP contribution in [0.25, 0.3) is 22.6 Å². The number of fused-ring (bicyclic) bond motifs is 3. The molecule has 3 heterocycles. The Hall–Kier alpha value is -3.29. The lowest BCUT2D eigenvalue weighted by molar-refractivity contribution is 0.316. The molecular weight excluding hydrogens is 358 g/mol. The van der Waals surface area contributed by atoms with Crippen LogP contribution in [0, 0.1) is 13.8 Å². The lowest BCUT2D eigenvalue weighted by atomic mass is 10.2. The number of aromatic nitrogens is 5. The third-order valence-corrected chi connectivity index (χ3v) is 5.20. The predicted molar refractivity (Wildman–Crippen MR) is 108 cm³/mol. The maximum absolute atomic E-state index is 12.8. The average molecular weight is 381 g/mol. The number of aryl methyl sites for hydroxylation is 2. The minimum Gasteiger partial charge on any atom is -0.491 e. The molecule has 8 nitrogen and oxygen atoms in total. The molecule has 0 atom stereocenters. The van der Waals surface area contributed by atoms with Crippen LogP contribution in [0.2, 0.25) is 0 Å². The first kappa shape index (κ1) is 18.1. The van der Waals surface area contributed by atoms with Gasteiger partial charge in [0.05, 0.1) is 12.3 Å². The van der Waals surface area contributed by atoms with Gasteiger partial charge in [0, 0.05) is 25.5 Å². The maximum atomic E-state index is 12.8. The summed E-state index contributed by atoms with van der Waals surface area (Å²) in [7, 11) is 3.11. The van der Waals surface area contributed by atoms with Crippen molar-refractivity contribution in [2.45, 2.75) is 27.2 Å². The summed E-state index contributed by atoms with van der Waals surface area (Å²) in [5.41, 5.74) is 2.69. The minimum atomic E-state index is -0.397. The van der Waals surface area contributed by atoms with Gasteiger partial charge in [-0.05, 0) is 32.4 Å². The zero-order valence-electron chi connectivity index (χ0n) is 16.7. The van der Waals surface area contributed by atoms with Crippen LogP contribution < -0.4 is 16.0 Å². The number of benzene rings is 1. The molecule has 0 saturated carbocycles. The van der Waals surface area contributed by atoms with Crippen molar-refractivity contribution in [3.05, 3.63) is 56.5 Å². The first-order valence-electron chi connectivity index (χ1n) is 9.26. The third-order valence-electron chi connectivity index (χ3n) is 5.20. The van der Waals surface area contributed by atoms with Crippen LogP contribution in [0.4, 0.5) is 0 Å². The topological polar surface area (TPSA) is 75.5 Å². The van der Waals surface area contributed by atoms with Gasteiger partial charge in [-0.25, -0.2) is 4.79 Å². The van der Waals surface area contributed by atoms with E-state index in [2.05, 4.69) is 11.9 Å². The molecular formula is C20H23N5O3. The van der Waals surface area contributed by atoms with Gasteiger partial charge in [-0.3, -0.25) is 22.9 Å². The first-order valence-corrected chi connectivity index (χ1v) is 9.26. The number of hydrogen-bond acceptors (Lipinski definition) is 4. The van der Waals surface area contributed by atoms with Crippen molar-refractivity contribution in [3.8, 4) is 11.4 Å². The fraction of sp³-hybridized carbons (Fsp3) is 0.350. The van der Waals surface area contributed by atoms with Crippen LogP contribution in [0.3, 0.4) is 0 Å². The van der Waals surface area contributed by atoms with Gasteiger partial charge in [-0.15, -0.1) is 0 Å². The molecule has 0 amide bonds. The fourth-order valence-corrected chi connectivity index (χ4v) is 3.59. The Morgan fingerprint density at radius 2 is 1.75 bits per heavy atom. The van der Waals surface area contributed by atoms with Crippen molar-refractivity contribution < 1.29 is 4.74 Å². The van der Waals surface area contributed by atoms with E-state index in [1.54, 1.807) is 7.05 Å². The molecule has 0 unspecified atom stereocenters. The summed E-state index contributed by atoms with van der Waals surface area (Å²) < 4.78 is 12.3. The van der Waals surface area contributed by atoms with E-state index in [4.69, 9.17) is 4.74 Å². The van der Waals surface area contributed by atoms with Crippen molar-refractivity contribution in [2.75, 3.05) is 6.61 Å². The first-order chi connectivity index (χ1) is 13.4. The van der Waals surface area contributed by atoms with Crippen LogP contribution in [-0.4, -0.2) is 29.7 Å². The SMILES string of the molecule is CCCOc1ccccc1-n1c(C)c(C)n2c3c(=O)n(C)c(=O)n(C)c3nc12. The molecule has 1 aromatic carbocycles. The van der Waals surface area contributed by atoms with Gasteiger partial charge in [0.25, 0.3) is 5.56 Å². The number of rotatable bonds is 4. The Morgan fingerprint density at radius 3 is 2.46 bits per heavy atom. The highest BCUT2D eigenvalue weighted by atomic mass is 16.5. The Labute approximate surface area is 161 Å². The van der Waals surface area contributed by atoms with Crippen LogP contribution in [0.15, 0.2) is 33.9 Å². The molecule has 0 saturated heterocycles. The smallest absolute Gasteiger partial charge is 0.332 e. The van der Waals surface area contributed by atoms with Gasteiger partial charge >= 0.3 is 5.69 Å². The van der Waals surface area contributed by atoms with Crippen molar-refractivity contribution in [2.24, 2.45) is 14.1 Å². The van der Waals surface area contributed by atoms with Crippen molar-refractivity contribution in [3.63, 3.8) is 0 Å².